The fourth-order valence-corrected chi connectivity index (χ4v) is 4.89. The summed E-state index contributed by atoms with van der Waals surface area (Å²) in [7, 11) is 0. The Balaban J connectivity index is 1.30. The zero-order chi connectivity index (χ0) is 20.5. The smallest absolute Gasteiger partial charge is 0.233 e. The maximum absolute atomic E-state index is 12.9. The molecule has 2 atom stereocenters. The minimum Gasteiger partial charge on any atom is -0.348 e. The van der Waals surface area contributed by atoms with Gasteiger partial charge < -0.3 is 5.32 Å². The number of benzene rings is 2. The van der Waals surface area contributed by atoms with Crippen LogP contribution < -0.4 is 5.32 Å². The Kier molecular flexibility index (Phi) is 5.34. The van der Waals surface area contributed by atoms with Gasteiger partial charge in [0.2, 0.25) is 11.1 Å². The molecule has 1 aromatic heterocycles. The van der Waals surface area contributed by atoms with Gasteiger partial charge in [-0.2, -0.15) is 0 Å². The van der Waals surface area contributed by atoms with Crippen molar-refractivity contribution in [3.63, 3.8) is 0 Å². The van der Waals surface area contributed by atoms with Gasteiger partial charge in [0.05, 0.1) is 17.0 Å². The van der Waals surface area contributed by atoms with Crippen LogP contribution in [0.4, 0.5) is 0 Å². The summed E-state index contributed by atoms with van der Waals surface area (Å²) in [5.74, 6) is 1.54. The van der Waals surface area contributed by atoms with E-state index in [4.69, 9.17) is 10.1 Å². The maximum atomic E-state index is 12.9. The van der Waals surface area contributed by atoms with Gasteiger partial charge in [-0.05, 0) is 62.3 Å². The van der Waals surface area contributed by atoms with Crippen molar-refractivity contribution in [3.8, 4) is 5.69 Å². The molecule has 3 aromatic rings. The topological polar surface area (TPSA) is 59.8 Å². The highest BCUT2D eigenvalue weighted by Gasteiger charge is 2.31. The van der Waals surface area contributed by atoms with Crippen molar-refractivity contribution >= 4 is 17.7 Å². The molecule has 2 unspecified atom stereocenters. The molecule has 30 heavy (non-hydrogen) atoms. The lowest BCUT2D eigenvalue weighted by Crippen LogP contribution is -2.35. The minimum atomic E-state index is -0.252. The average molecular weight is 419 g/mol. The lowest BCUT2D eigenvalue weighted by molar-refractivity contribution is -0.121. The molecule has 1 saturated carbocycles. The average Bonchev–Trinajstić information content (AvgIpc) is 3.54. The number of nitrogens with zero attached hydrogens (tertiary/aromatic N) is 3. The van der Waals surface area contributed by atoms with Crippen molar-refractivity contribution in [3.05, 3.63) is 71.5 Å². The van der Waals surface area contributed by atoms with Crippen LogP contribution in [0, 0.1) is 0 Å². The van der Waals surface area contributed by atoms with Crippen molar-refractivity contribution in [1.29, 1.82) is 0 Å². The van der Waals surface area contributed by atoms with E-state index in [0.717, 1.165) is 43.6 Å². The number of para-hydroxylation sites is 1. The molecule has 0 aliphatic heterocycles. The molecule has 1 fully saturated rings. The molecular formula is C24H26N4OS. The number of hydrogen-bond acceptors (Lipinski definition) is 4. The van der Waals surface area contributed by atoms with Gasteiger partial charge in [-0.25, -0.2) is 9.67 Å². The molecule has 154 valence electrons. The zero-order valence-electron chi connectivity index (χ0n) is 17.1. The molecule has 0 radical (unpaired) electrons. The number of rotatable bonds is 6. The number of aryl methyl sites for hydroxylation is 1. The van der Waals surface area contributed by atoms with Crippen LogP contribution in [0.1, 0.15) is 61.5 Å². The van der Waals surface area contributed by atoms with Gasteiger partial charge >= 0.3 is 0 Å². The predicted molar refractivity (Wildman–Crippen MR) is 119 cm³/mol. The molecule has 5 rings (SSSR count). The van der Waals surface area contributed by atoms with E-state index >= 15 is 0 Å². The third-order valence-corrected chi connectivity index (χ3v) is 6.84. The van der Waals surface area contributed by atoms with Gasteiger partial charge in [0, 0.05) is 5.92 Å². The number of carbonyl (C=O) groups excluding carboxylic acids is 1. The highest BCUT2D eigenvalue weighted by molar-refractivity contribution is 8.00. The van der Waals surface area contributed by atoms with Gasteiger partial charge in [0.25, 0.3) is 0 Å². The van der Waals surface area contributed by atoms with Crippen LogP contribution in [-0.4, -0.2) is 25.9 Å². The molecule has 0 bridgehead atoms. The summed E-state index contributed by atoms with van der Waals surface area (Å²) < 4.78 is 1.95. The highest BCUT2D eigenvalue weighted by atomic mass is 32.2. The number of thioether (sulfide) groups is 1. The lowest BCUT2D eigenvalue weighted by atomic mass is 9.88. The van der Waals surface area contributed by atoms with Crippen LogP contribution in [0.5, 0.6) is 0 Å². The van der Waals surface area contributed by atoms with E-state index in [1.807, 2.05) is 41.9 Å². The first-order chi connectivity index (χ1) is 14.7. The molecule has 2 aliphatic rings. The first-order valence-electron chi connectivity index (χ1n) is 10.8. The first-order valence-corrected chi connectivity index (χ1v) is 11.6. The molecule has 2 aromatic carbocycles. The van der Waals surface area contributed by atoms with E-state index in [0.29, 0.717) is 11.1 Å². The number of hydrogen-bond donors (Lipinski definition) is 1. The van der Waals surface area contributed by atoms with Gasteiger partial charge in [-0.1, -0.05) is 54.2 Å². The van der Waals surface area contributed by atoms with Crippen molar-refractivity contribution in [2.75, 3.05) is 0 Å². The number of nitrogens with one attached hydrogen (secondary N) is 1. The second kappa shape index (κ2) is 8.26. The Bertz CT molecular complexity index is 1040. The van der Waals surface area contributed by atoms with E-state index in [9.17, 15) is 4.79 Å². The van der Waals surface area contributed by atoms with E-state index < -0.39 is 0 Å². The summed E-state index contributed by atoms with van der Waals surface area (Å²) in [5.41, 5.74) is 3.64. The molecule has 0 spiro atoms. The summed E-state index contributed by atoms with van der Waals surface area (Å²) >= 11 is 1.44. The number of amides is 1. The Hall–Kier alpha value is -2.60. The molecule has 1 amide bonds. The van der Waals surface area contributed by atoms with Gasteiger partial charge in [-0.3, -0.25) is 4.79 Å². The molecule has 0 saturated heterocycles. The van der Waals surface area contributed by atoms with Crippen LogP contribution in [0.2, 0.25) is 0 Å². The Morgan fingerprint density at radius 1 is 1.10 bits per heavy atom. The maximum Gasteiger partial charge on any atom is 0.233 e. The third kappa shape index (κ3) is 4.01. The van der Waals surface area contributed by atoms with Crippen LogP contribution in [0.3, 0.4) is 0 Å². The zero-order valence-corrected chi connectivity index (χ0v) is 17.9. The molecule has 1 heterocycles. The largest absolute Gasteiger partial charge is 0.348 e. The molecule has 6 heteroatoms. The first kappa shape index (κ1) is 19.4. The number of aromatic nitrogens is 3. The Morgan fingerprint density at radius 2 is 1.87 bits per heavy atom. The van der Waals surface area contributed by atoms with Gasteiger partial charge in [0.1, 0.15) is 5.82 Å². The second-order valence-corrected chi connectivity index (χ2v) is 9.49. The normalized spacial score (nSPS) is 19.2. The summed E-state index contributed by atoms with van der Waals surface area (Å²) in [6.45, 7) is 1.94. The monoisotopic (exact) mass is 418 g/mol. The summed E-state index contributed by atoms with van der Waals surface area (Å²) in [6, 6.07) is 18.7. The highest BCUT2D eigenvalue weighted by Crippen LogP contribution is 2.40. The van der Waals surface area contributed by atoms with Crippen LogP contribution in [-0.2, 0) is 11.2 Å². The van der Waals surface area contributed by atoms with Crippen LogP contribution >= 0.6 is 11.8 Å². The number of fused-ring (bicyclic) bond motifs is 1. The van der Waals surface area contributed by atoms with E-state index in [1.165, 1.54) is 22.9 Å². The van der Waals surface area contributed by atoms with E-state index in [2.05, 4.69) is 29.6 Å². The quantitative estimate of drug-likeness (QED) is 0.583. The SMILES string of the molecule is CC(Sc1nc(C2CC2)n(-c2ccccc2)n1)C(=O)NC1CCCc2ccccc21. The van der Waals surface area contributed by atoms with Crippen LogP contribution in [0.15, 0.2) is 59.8 Å². The van der Waals surface area contributed by atoms with Crippen molar-refractivity contribution in [2.45, 2.75) is 61.4 Å². The summed E-state index contributed by atoms with van der Waals surface area (Å²) in [6.07, 6.45) is 5.52. The molecule has 2 aliphatic carbocycles. The predicted octanol–water partition coefficient (Wildman–Crippen LogP) is 4.82. The molecular weight excluding hydrogens is 392 g/mol. The lowest BCUT2D eigenvalue weighted by Gasteiger charge is -2.27. The van der Waals surface area contributed by atoms with Crippen molar-refractivity contribution < 1.29 is 4.79 Å². The Labute approximate surface area is 181 Å². The summed E-state index contributed by atoms with van der Waals surface area (Å²) in [4.78, 5) is 17.7. The fourth-order valence-electron chi connectivity index (χ4n) is 4.12. The standard InChI is InChI=1S/C24H26N4OS/c1-16(23(29)25-21-13-7-9-17-8-5-6-12-20(17)21)30-24-26-22(18-14-15-18)28(27-24)19-10-3-2-4-11-19/h2-6,8,10-12,16,18,21H,7,9,13-15H2,1H3,(H,25,29). The van der Waals surface area contributed by atoms with Crippen molar-refractivity contribution in [1.82, 2.24) is 20.1 Å². The summed E-state index contributed by atoms with van der Waals surface area (Å²) in [5, 5.41) is 8.42. The van der Waals surface area contributed by atoms with E-state index in [1.54, 1.807) is 0 Å². The Morgan fingerprint density at radius 3 is 2.67 bits per heavy atom. The molecule has 1 N–H and O–H groups in total. The van der Waals surface area contributed by atoms with Crippen molar-refractivity contribution in [2.24, 2.45) is 0 Å². The fraction of sp³-hybridized carbons (Fsp3) is 0.375. The second-order valence-electron chi connectivity index (χ2n) is 8.19. The third-order valence-electron chi connectivity index (χ3n) is 5.89. The van der Waals surface area contributed by atoms with Crippen LogP contribution in [0.25, 0.3) is 5.69 Å². The molecule has 5 nitrogen and oxygen atoms in total. The number of carbonyl (C=O) groups is 1. The minimum absolute atomic E-state index is 0.0470. The van der Waals surface area contributed by atoms with Gasteiger partial charge in [-0.15, -0.1) is 5.10 Å². The van der Waals surface area contributed by atoms with Gasteiger partial charge in [0.15, 0.2) is 0 Å². The van der Waals surface area contributed by atoms with E-state index in [-0.39, 0.29) is 17.2 Å².